The second-order valence-corrected chi connectivity index (χ2v) is 6.84. The summed E-state index contributed by atoms with van der Waals surface area (Å²) in [5.74, 6) is 0.353. The Morgan fingerprint density at radius 3 is 2.42 bits per heavy atom. The van der Waals surface area contributed by atoms with E-state index in [1.807, 2.05) is 6.92 Å². The second-order valence-electron chi connectivity index (χ2n) is 6.84. The normalized spacial score (nSPS) is 11.3. The van der Waals surface area contributed by atoms with Crippen LogP contribution in [0.5, 0.6) is 11.5 Å². The van der Waals surface area contributed by atoms with Gasteiger partial charge in [-0.25, -0.2) is 4.68 Å². The number of nitrogens with zero attached hydrogens (tertiary/aromatic N) is 2. The van der Waals surface area contributed by atoms with E-state index in [1.165, 1.54) is 26.4 Å². The van der Waals surface area contributed by atoms with Crippen molar-refractivity contribution in [3.63, 3.8) is 0 Å². The average molecular weight is 433 g/mol. The van der Waals surface area contributed by atoms with Crippen molar-refractivity contribution in [2.75, 3.05) is 20.8 Å². The van der Waals surface area contributed by atoms with Gasteiger partial charge in [0.1, 0.15) is 11.5 Å². The van der Waals surface area contributed by atoms with Crippen molar-refractivity contribution in [3.8, 4) is 17.2 Å². The number of aromatic nitrogens is 2. The van der Waals surface area contributed by atoms with Gasteiger partial charge >= 0.3 is 6.18 Å². The smallest absolute Gasteiger partial charge is 0.434 e. The van der Waals surface area contributed by atoms with Crippen LogP contribution in [0.4, 0.5) is 13.2 Å². The van der Waals surface area contributed by atoms with E-state index in [-0.39, 0.29) is 12.2 Å². The lowest BCUT2D eigenvalue weighted by Crippen LogP contribution is -2.28. The number of benzene rings is 2. The molecular weight excluding hydrogens is 411 g/mol. The van der Waals surface area contributed by atoms with Crippen LogP contribution in [0.2, 0.25) is 0 Å². The first-order valence-corrected chi connectivity index (χ1v) is 9.46. The number of methoxy groups -OCH3 is 2. The van der Waals surface area contributed by atoms with Gasteiger partial charge < -0.3 is 14.8 Å². The highest BCUT2D eigenvalue weighted by atomic mass is 19.4. The zero-order chi connectivity index (χ0) is 22.6. The molecule has 0 aliphatic heterocycles. The molecule has 0 saturated heterocycles. The maximum Gasteiger partial charge on any atom is 0.434 e. The van der Waals surface area contributed by atoms with Gasteiger partial charge in [-0.1, -0.05) is 17.7 Å². The number of rotatable bonds is 7. The number of carbonyl (C=O) groups excluding carboxylic acids is 1. The Bertz CT molecular complexity index is 1060. The molecule has 0 fully saturated rings. The molecule has 1 heterocycles. The first-order valence-electron chi connectivity index (χ1n) is 9.46. The lowest BCUT2D eigenvalue weighted by molar-refractivity contribution is -0.143. The molecule has 164 valence electrons. The summed E-state index contributed by atoms with van der Waals surface area (Å²) in [5, 5.41) is 6.35. The number of halogens is 3. The Labute approximate surface area is 177 Å². The van der Waals surface area contributed by atoms with Crippen LogP contribution in [-0.2, 0) is 12.6 Å². The van der Waals surface area contributed by atoms with Crippen LogP contribution in [-0.4, -0.2) is 36.5 Å². The first kappa shape index (κ1) is 22.2. The van der Waals surface area contributed by atoms with Crippen LogP contribution in [0.25, 0.3) is 5.69 Å². The fraction of sp³-hybridized carbons (Fsp3) is 0.273. The minimum atomic E-state index is -4.76. The Hall–Kier alpha value is -3.49. The lowest BCUT2D eigenvalue weighted by Gasteiger charge is -2.13. The van der Waals surface area contributed by atoms with Crippen molar-refractivity contribution in [1.29, 1.82) is 0 Å². The molecule has 3 aromatic rings. The minimum absolute atomic E-state index is 0.107. The van der Waals surface area contributed by atoms with E-state index in [4.69, 9.17) is 9.47 Å². The molecule has 6 nitrogen and oxygen atoms in total. The number of carbonyl (C=O) groups is 1. The molecule has 31 heavy (non-hydrogen) atoms. The number of hydrogen-bond donors (Lipinski definition) is 1. The highest BCUT2D eigenvalue weighted by Gasteiger charge is 2.40. The molecule has 1 amide bonds. The van der Waals surface area contributed by atoms with Crippen LogP contribution >= 0.6 is 0 Å². The molecule has 9 heteroatoms. The molecular formula is C22H22F3N3O3. The summed E-state index contributed by atoms with van der Waals surface area (Å²) in [6, 6.07) is 11.6. The predicted octanol–water partition coefficient (Wildman–Crippen LogP) is 4.19. The molecule has 2 aromatic carbocycles. The summed E-state index contributed by atoms with van der Waals surface area (Å²) in [6.07, 6.45) is -3.48. The molecule has 0 saturated carbocycles. The minimum Gasteiger partial charge on any atom is -0.497 e. The van der Waals surface area contributed by atoms with Crippen LogP contribution in [0.15, 0.2) is 48.7 Å². The van der Waals surface area contributed by atoms with Crippen molar-refractivity contribution in [1.82, 2.24) is 15.1 Å². The third kappa shape index (κ3) is 4.99. The van der Waals surface area contributed by atoms with Crippen molar-refractivity contribution in [3.05, 3.63) is 71.0 Å². The van der Waals surface area contributed by atoms with Gasteiger partial charge in [0, 0.05) is 6.54 Å². The van der Waals surface area contributed by atoms with E-state index in [1.54, 1.807) is 30.3 Å². The number of amides is 1. The SMILES string of the molecule is COc1ccc(OC)c(CCNC(=O)c2cnn(-c3ccc(C)cc3)c2C(F)(F)F)c1. The van der Waals surface area contributed by atoms with E-state index in [9.17, 15) is 18.0 Å². The van der Waals surface area contributed by atoms with Gasteiger partial charge in [0.2, 0.25) is 0 Å². The zero-order valence-corrected chi connectivity index (χ0v) is 17.3. The van der Waals surface area contributed by atoms with Gasteiger partial charge in [0.15, 0.2) is 5.69 Å². The number of ether oxygens (including phenoxy) is 2. The Kier molecular flexibility index (Phi) is 6.53. The first-order chi connectivity index (χ1) is 14.7. The Morgan fingerprint density at radius 2 is 1.81 bits per heavy atom. The van der Waals surface area contributed by atoms with E-state index in [2.05, 4.69) is 10.4 Å². The van der Waals surface area contributed by atoms with Gasteiger partial charge in [-0.05, 0) is 49.2 Å². The quantitative estimate of drug-likeness (QED) is 0.607. The number of aryl methyl sites for hydroxylation is 1. The van der Waals surface area contributed by atoms with E-state index in [0.29, 0.717) is 17.9 Å². The second kappa shape index (κ2) is 9.11. The van der Waals surface area contributed by atoms with E-state index in [0.717, 1.165) is 22.0 Å². The van der Waals surface area contributed by atoms with Gasteiger partial charge in [0.25, 0.3) is 5.91 Å². The monoisotopic (exact) mass is 433 g/mol. The molecule has 0 bridgehead atoms. The fourth-order valence-electron chi connectivity index (χ4n) is 3.15. The van der Waals surface area contributed by atoms with Crippen molar-refractivity contribution in [2.45, 2.75) is 19.5 Å². The van der Waals surface area contributed by atoms with Crippen molar-refractivity contribution in [2.24, 2.45) is 0 Å². The summed E-state index contributed by atoms with van der Waals surface area (Å²) < 4.78 is 52.5. The lowest BCUT2D eigenvalue weighted by atomic mass is 10.1. The van der Waals surface area contributed by atoms with Gasteiger partial charge in [-0.2, -0.15) is 18.3 Å². The number of alkyl halides is 3. The average Bonchev–Trinajstić information content (AvgIpc) is 3.20. The Balaban J connectivity index is 1.80. The summed E-state index contributed by atoms with van der Waals surface area (Å²) in [6.45, 7) is 1.93. The molecule has 0 radical (unpaired) electrons. The fourth-order valence-corrected chi connectivity index (χ4v) is 3.15. The molecule has 0 unspecified atom stereocenters. The van der Waals surface area contributed by atoms with Crippen molar-refractivity contribution < 1.29 is 27.4 Å². The third-order valence-corrected chi connectivity index (χ3v) is 4.73. The van der Waals surface area contributed by atoms with Crippen LogP contribution in [0, 0.1) is 6.92 Å². The highest BCUT2D eigenvalue weighted by molar-refractivity contribution is 5.95. The molecule has 0 aliphatic rings. The molecule has 1 N–H and O–H groups in total. The number of hydrogen-bond acceptors (Lipinski definition) is 4. The molecule has 0 spiro atoms. The summed E-state index contributed by atoms with van der Waals surface area (Å²) in [4.78, 5) is 12.6. The molecule has 3 rings (SSSR count). The zero-order valence-electron chi connectivity index (χ0n) is 17.3. The Morgan fingerprint density at radius 1 is 1.10 bits per heavy atom. The van der Waals surface area contributed by atoms with Crippen LogP contribution < -0.4 is 14.8 Å². The molecule has 1 aromatic heterocycles. The predicted molar refractivity (Wildman–Crippen MR) is 109 cm³/mol. The van der Waals surface area contributed by atoms with Crippen molar-refractivity contribution >= 4 is 5.91 Å². The largest absolute Gasteiger partial charge is 0.497 e. The summed E-state index contributed by atoms with van der Waals surface area (Å²) >= 11 is 0. The third-order valence-electron chi connectivity index (χ3n) is 4.73. The number of nitrogens with one attached hydrogen (secondary N) is 1. The molecule has 0 atom stereocenters. The van der Waals surface area contributed by atoms with E-state index >= 15 is 0 Å². The maximum atomic E-state index is 13.8. The van der Waals surface area contributed by atoms with Gasteiger partial charge in [0.05, 0.1) is 31.7 Å². The summed E-state index contributed by atoms with van der Waals surface area (Å²) in [5.41, 5.74) is 0.223. The maximum absolute atomic E-state index is 13.8. The van der Waals surface area contributed by atoms with E-state index < -0.39 is 23.3 Å². The van der Waals surface area contributed by atoms with Gasteiger partial charge in [-0.15, -0.1) is 0 Å². The van der Waals surface area contributed by atoms with Crippen LogP contribution in [0.1, 0.15) is 27.2 Å². The highest BCUT2D eigenvalue weighted by Crippen LogP contribution is 2.33. The summed E-state index contributed by atoms with van der Waals surface area (Å²) in [7, 11) is 3.04. The standard InChI is InChI=1S/C22H22F3N3O3/c1-14-4-6-16(7-5-14)28-20(22(23,24)25)18(13-27-28)21(29)26-11-10-15-12-17(30-2)8-9-19(15)31-3/h4-9,12-13H,10-11H2,1-3H3,(H,26,29). The van der Waals surface area contributed by atoms with Gasteiger partial charge in [-0.3, -0.25) is 4.79 Å². The molecule has 0 aliphatic carbocycles. The van der Waals surface area contributed by atoms with Crippen LogP contribution in [0.3, 0.4) is 0 Å². The topological polar surface area (TPSA) is 65.4 Å².